The first-order valence-corrected chi connectivity index (χ1v) is 7.40. The molecule has 0 spiro atoms. The first kappa shape index (κ1) is 14.1. The average Bonchev–Trinajstić information content (AvgIpc) is 2.31. The van der Waals surface area contributed by atoms with Gasteiger partial charge in [-0.1, -0.05) is 6.92 Å². The van der Waals surface area contributed by atoms with Crippen molar-refractivity contribution in [2.45, 2.75) is 27.2 Å². The quantitative estimate of drug-likeness (QED) is 0.733. The lowest BCUT2D eigenvalue weighted by Gasteiger charge is -2.13. The molecule has 0 aliphatic carbocycles. The van der Waals surface area contributed by atoms with Gasteiger partial charge in [-0.3, -0.25) is 0 Å². The topological polar surface area (TPSA) is 49.8 Å². The number of hydrogen-bond acceptors (Lipinski definition) is 5. The molecule has 96 valence electrons. The predicted molar refractivity (Wildman–Crippen MR) is 77.2 cm³/mol. The van der Waals surface area contributed by atoms with Crippen molar-refractivity contribution in [3.8, 4) is 0 Å². The van der Waals surface area contributed by atoms with Crippen LogP contribution in [0.1, 0.15) is 24.7 Å². The van der Waals surface area contributed by atoms with E-state index in [-0.39, 0.29) is 0 Å². The van der Waals surface area contributed by atoms with Gasteiger partial charge < -0.3 is 10.6 Å². The number of rotatable bonds is 7. The second-order valence-electron chi connectivity index (χ2n) is 3.94. The van der Waals surface area contributed by atoms with Gasteiger partial charge in [0, 0.05) is 24.4 Å². The first-order chi connectivity index (χ1) is 8.19. The van der Waals surface area contributed by atoms with Crippen LogP contribution in [0.5, 0.6) is 0 Å². The molecule has 0 bridgehead atoms. The molecule has 0 unspecified atom stereocenters. The Morgan fingerprint density at radius 2 is 1.65 bits per heavy atom. The summed E-state index contributed by atoms with van der Waals surface area (Å²) < 4.78 is 0. The summed E-state index contributed by atoms with van der Waals surface area (Å²) in [5, 5.41) is 6.70. The highest BCUT2D eigenvalue weighted by atomic mass is 32.2. The van der Waals surface area contributed by atoms with Crippen LogP contribution in [0, 0.1) is 13.8 Å². The molecule has 1 aromatic heterocycles. The molecule has 0 radical (unpaired) electrons. The fraction of sp³-hybridized carbons (Fsp3) is 0.667. The van der Waals surface area contributed by atoms with Crippen LogP contribution in [0.2, 0.25) is 0 Å². The van der Waals surface area contributed by atoms with Crippen LogP contribution in [0.15, 0.2) is 0 Å². The molecule has 1 heterocycles. The lowest BCUT2D eigenvalue weighted by Crippen LogP contribution is -2.12. The smallest absolute Gasteiger partial charge is 0.134 e. The highest BCUT2D eigenvalue weighted by Gasteiger charge is 2.07. The Morgan fingerprint density at radius 3 is 2.18 bits per heavy atom. The molecule has 0 saturated heterocycles. The van der Waals surface area contributed by atoms with Crippen molar-refractivity contribution in [2.75, 3.05) is 35.7 Å². The fourth-order valence-corrected chi connectivity index (χ4v) is 1.79. The van der Waals surface area contributed by atoms with Crippen LogP contribution in [0.25, 0.3) is 0 Å². The van der Waals surface area contributed by atoms with Crippen molar-refractivity contribution in [3.05, 3.63) is 11.4 Å². The van der Waals surface area contributed by atoms with Crippen molar-refractivity contribution in [3.63, 3.8) is 0 Å². The molecule has 2 N–H and O–H groups in total. The van der Waals surface area contributed by atoms with Gasteiger partial charge in [0.05, 0.1) is 0 Å². The number of nitrogens with zero attached hydrogens (tertiary/aromatic N) is 2. The molecule has 1 rings (SSSR count). The van der Waals surface area contributed by atoms with Crippen LogP contribution in [-0.4, -0.2) is 35.1 Å². The van der Waals surface area contributed by atoms with Gasteiger partial charge in [-0.25, -0.2) is 9.97 Å². The molecule has 0 amide bonds. The van der Waals surface area contributed by atoms with Crippen molar-refractivity contribution in [1.82, 2.24) is 9.97 Å². The second kappa shape index (κ2) is 7.37. The Balaban J connectivity index is 2.77. The number of hydrogen-bond donors (Lipinski definition) is 2. The molecule has 4 nitrogen and oxygen atoms in total. The van der Waals surface area contributed by atoms with Crippen LogP contribution >= 0.6 is 11.8 Å². The zero-order valence-corrected chi connectivity index (χ0v) is 11.9. The maximum atomic E-state index is 4.44. The zero-order valence-electron chi connectivity index (χ0n) is 11.1. The lowest BCUT2D eigenvalue weighted by atomic mass is 10.3. The van der Waals surface area contributed by atoms with E-state index in [1.54, 1.807) is 0 Å². The van der Waals surface area contributed by atoms with E-state index in [2.05, 4.69) is 40.7 Å². The average molecular weight is 254 g/mol. The highest BCUT2D eigenvalue weighted by molar-refractivity contribution is 7.98. The number of nitrogens with one attached hydrogen (secondary N) is 2. The van der Waals surface area contributed by atoms with Crippen molar-refractivity contribution in [2.24, 2.45) is 0 Å². The van der Waals surface area contributed by atoms with Gasteiger partial charge >= 0.3 is 0 Å². The predicted octanol–water partition coefficient (Wildman–Crippen LogP) is 2.69. The third-order valence-corrected chi connectivity index (χ3v) is 3.01. The van der Waals surface area contributed by atoms with E-state index in [9.17, 15) is 0 Å². The third-order valence-electron chi connectivity index (χ3n) is 2.40. The van der Waals surface area contributed by atoms with Gasteiger partial charge in [-0.05, 0) is 26.5 Å². The number of anilines is 2. The molecule has 0 aliphatic rings. The summed E-state index contributed by atoms with van der Waals surface area (Å²) in [6.45, 7) is 8.01. The largest absolute Gasteiger partial charge is 0.370 e. The van der Waals surface area contributed by atoms with Gasteiger partial charge in [0.1, 0.15) is 17.5 Å². The molecular formula is C12H22N4S. The van der Waals surface area contributed by atoms with Gasteiger partial charge in [0.15, 0.2) is 0 Å². The molecule has 1 aromatic rings. The molecule has 0 atom stereocenters. The molecule has 0 fully saturated rings. The van der Waals surface area contributed by atoms with E-state index in [1.165, 1.54) is 0 Å². The standard InChI is InChI=1S/C12H22N4S/c1-5-6-13-11-9(2)12(14-7-8-17-4)16-10(3)15-11/h5-8H2,1-4H3,(H2,13,14,15,16). The molecule has 17 heavy (non-hydrogen) atoms. The Hall–Kier alpha value is -0.970. The van der Waals surface area contributed by atoms with E-state index in [0.29, 0.717) is 0 Å². The summed E-state index contributed by atoms with van der Waals surface area (Å²) in [5.41, 5.74) is 1.10. The van der Waals surface area contributed by atoms with Crippen LogP contribution in [0.4, 0.5) is 11.6 Å². The summed E-state index contributed by atoms with van der Waals surface area (Å²) in [4.78, 5) is 8.87. The van der Waals surface area contributed by atoms with Crippen LogP contribution < -0.4 is 10.6 Å². The van der Waals surface area contributed by atoms with Gasteiger partial charge in [-0.2, -0.15) is 11.8 Å². The molecule has 0 aromatic carbocycles. The Morgan fingerprint density at radius 1 is 1.06 bits per heavy atom. The summed E-state index contributed by atoms with van der Waals surface area (Å²) >= 11 is 1.83. The summed E-state index contributed by atoms with van der Waals surface area (Å²) in [6, 6.07) is 0. The number of aromatic nitrogens is 2. The third kappa shape index (κ3) is 4.42. The minimum atomic E-state index is 0.806. The monoisotopic (exact) mass is 254 g/mol. The van der Waals surface area contributed by atoms with Crippen LogP contribution in [0.3, 0.4) is 0 Å². The summed E-state index contributed by atoms with van der Waals surface area (Å²) in [5.74, 6) is 3.79. The highest BCUT2D eigenvalue weighted by Crippen LogP contribution is 2.19. The maximum absolute atomic E-state index is 4.44. The van der Waals surface area contributed by atoms with Crippen LogP contribution in [-0.2, 0) is 0 Å². The SMILES string of the molecule is CCCNc1nc(C)nc(NCCSC)c1C. The Labute approximate surface area is 108 Å². The zero-order chi connectivity index (χ0) is 12.7. The minimum Gasteiger partial charge on any atom is -0.370 e. The van der Waals surface area contributed by atoms with E-state index in [4.69, 9.17) is 0 Å². The van der Waals surface area contributed by atoms with Gasteiger partial charge in [0.2, 0.25) is 0 Å². The van der Waals surface area contributed by atoms with E-state index < -0.39 is 0 Å². The molecule has 0 aliphatic heterocycles. The van der Waals surface area contributed by atoms with Crippen molar-refractivity contribution in [1.29, 1.82) is 0 Å². The Bertz CT molecular complexity index is 355. The van der Waals surface area contributed by atoms with Crippen molar-refractivity contribution >= 4 is 23.4 Å². The normalized spacial score (nSPS) is 10.4. The van der Waals surface area contributed by atoms with E-state index >= 15 is 0 Å². The number of thioether (sulfide) groups is 1. The summed E-state index contributed by atoms with van der Waals surface area (Å²) in [6.07, 6.45) is 3.20. The minimum absolute atomic E-state index is 0.806. The Kier molecular flexibility index (Phi) is 6.11. The molecular weight excluding hydrogens is 232 g/mol. The van der Waals surface area contributed by atoms with E-state index in [1.807, 2.05) is 18.7 Å². The maximum Gasteiger partial charge on any atom is 0.134 e. The lowest BCUT2D eigenvalue weighted by molar-refractivity contribution is 0.944. The second-order valence-corrected chi connectivity index (χ2v) is 4.92. The molecule has 5 heteroatoms. The fourth-order valence-electron chi connectivity index (χ4n) is 1.49. The first-order valence-electron chi connectivity index (χ1n) is 6.01. The summed E-state index contributed by atoms with van der Waals surface area (Å²) in [7, 11) is 0. The van der Waals surface area contributed by atoms with Gasteiger partial charge in [-0.15, -0.1) is 0 Å². The number of aryl methyl sites for hydroxylation is 1. The molecule has 0 saturated carbocycles. The van der Waals surface area contributed by atoms with Crippen molar-refractivity contribution < 1.29 is 0 Å². The van der Waals surface area contributed by atoms with Gasteiger partial charge in [0.25, 0.3) is 0 Å². The van der Waals surface area contributed by atoms with E-state index in [0.717, 1.165) is 48.3 Å².